The summed E-state index contributed by atoms with van der Waals surface area (Å²) in [6.45, 7) is 1.90. The Morgan fingerprint density at radius 3 is 2.37 bits per heavy atom. The standard InChI is InChI=1S/C23H17ClN2O3S/c1-14-17(7-3-8-18(14)24)19-10-11-20(29-19)22(27)25-15-5-2-6-16(13-15)26-23(28)21-9-4-12-30-21/h2-13H,1H3,(H,25,27)(H,26,28). The maximum absolute atomic E-state index is 12.6. The Bertz CT molecular complexity index is 1210. The SMILES string of the molecule is Cc1c(Cl)cccc1-c1ccc(C(=O)Nc2cccc(NC(=O)c3cccs3)c2)o1. The smallest absolute Gasteiger partial charge is 0.291 e. The number of furan rings is 1. The molecule has 5 nitrogen and oxygen atoms in total. The molecule has 0 aliphatic rings. The summed E-state index contributed by atoms with van der Waals surface area (Å²) in [7, 11) is 0. The number of carbonyl (C=O) groups is 2. The van der Waals surface area contributed by atoms with Crippen molar-refractivity contribution in [3.8, 4) is 11.3 Å². The number of anilines is 2. The zero-order valence-electron chi connectivity index (χ0n) is 15.9. The summed E-state index contributed by atoms with van der Waals surface area (Å²) in [6.07, 6.45) is 0. The van der Waals surface area contributed by atoms with Gasteiger partial charge in [-0.05, 0) is 60.3 Å². The molecule has 0 spiro atoms. The molecule has 2 aromatic carbocycles. The predicted octanol–water partition coefficient (Wildman–Crippen LogP) is 6.47. The van der Waals surface area contributed by atoms with E-state index in [0.717, 1.165) is 11.1 Å². The lowest BCUT2D eigenvalue weighted by Gasteiger charge is -2.08. The monoisotopic (exact) mass is 436 g/mol. The largest absolute Gasteiger partial charge is 0.451 e. The number of hydrogen-bond acceptors (Lipinski definition) is 4. The van der Waals surface area contributed by atoms with Gasteiger partial charge in [0, 0.05) is 22.0 Å². The average molecular weight is 437 g/mol. The molecule has 0 atom stereocenters. The maximum Gasteiger partial charge on any atom is 0.291 e. The Morgan fingerprint density at radius 2 is 1.63 bits per heavy atom. The van der Waals surface area contributed by atoms with E-state index in [1.54, 1.807) is 48.5 Å². The molecule has 0 unspecified atom stereocenters. The Labute approximate surface area is 182 Å². The van der Waals surface area contributed by atoms with Crippen LogP contribution in [0.25, 0.3) is 11.3 Å². The van der Waals surface area contributed by atoms with E-state index >= 15 is 0 Å². The van der Waals surface area contributed by atoms with E-state index in [1.165, 1.54) is 11.3 Å². The summed E-state index contributed by atoms with van der Waals surface area (Å²) in [6, 6.07) is 19.4. The fraction of sp³-hybridized carbons (Fsp3) is 0.0435. The third-order valence-corrected chi connectivity index (χ3v) is 5.76. The second-order valence-corrected chi connectivity index (χ2v) is 7.90. The quantitative estimate of drug-likeness (QED) is 0.376. The molecule has 0 saturated heterocycles. The number of amides is 2. The van der Waals surface area contributed by atoms with E-state index in [0.29, 0.717) is 27.0 Å². The van der Waals surface area contributed by atoms with Gasteiger partial charge >= 0.3 is 0 Å². The number of carbonyl (C=O) groups excluding carboxylic acids is 2. The van der Waals surface area contributed by atoms with Gasteiger partial charge in [0.05, 0.1) is 4.88 Å². The van der Waals surface area contributed by atoms with Gasteiger partial charge in [-0.3, -0.25) is 9.59 Å². The highest BCUT2D eigenvalue weighted by molar-refractivity contribution is 7.12. The van der Waals surface area contributed by atoms with Gasteiger partial charge in [-0.2, -0.15) is 0 Å². The average Bonchev–Trinajstić information content (AvgIpc) is 3.43. The van der Waals surface area contributed by atoms with Crippen molar-refractivity contribution in [2.75, 3.05) is 10.6 Å². The van der Waals surface area contributed by atoms with Crippen LogP contribution in [0.3, 0.4) is 0 Å². The van der Waals surface area contributed by atoms with Crippen molar-refractivity contribution in [2.45, 2.75) is 6.92 Å². The Kier molecular flexibility index (Phi) is 5.70. The van der Waals surface area contributed by atoms with Crippen LogP contribution < -0.4 is 10.6 Å². The molecule has 30 heavy (non-hydrogen) atoms. The van der Waals surface area contributed by atoms with Crippen LogP contribution in [0.1, 0.15) is 25.8 Å². The van der Waals surface area contributed by atoms with Gasteiger partial charge in [-0.15, -0.1) is 11.3 Å². The highest BCUT2D eigenvalue weighted by Crippen LogP contribution is 2.30. The van der Waals surface area contributed by atoms with Crippen LogP contribution in [-0.2, 0) is 0 Å². The molecule has 0 saturated carbocycles. The number of rotatable bonds is 5. The molecule has 4 aromatic rings. The Balaban J connectivity index is 1.47. The van der Waals surface area contributed by atoms with Crippen LogP contribution in [0.2, 0.25) is 5.02 Å². The van der Waals surface area contributed by atoms with E-state index in [2.05, 4.69) is 10.6 Å². The molecule has 2 aromatic heterocycles. The third-order valence-electron chi connectivity index (χ3n) is 4.49. The normalized spacial score (nSPS) is 10.6. The van der Waals surface area contributed by atoms with Crippen molar-refractivity contribution in [1.29, 1.82) is 0 Å². The summed E-state index contributed by atoms with van der Waals surface area (Å²) in [4.78, 5) is 25.4. The third kappa shape index (κ3) is 4.30. The van der Waals surface area contributed by atoms with Gasteiger partial charge in [0.2, 0.25) is 0 Å². The highest BCUT2D eigenvalue weighted by atomic mass is 35.5. The molecule has 0 aliphatic carbocycles. The van der Waals surface area contributed by atoms with E-state index in [1.807, 2.05) is 30.5 Å². The van der Waals surface area contributed by atoms with Crippen molar-refractivity contribution in [1.82, 2.24) is 0 Å². The maximum atomic E-state index is 12.6. The molecule has 2 N–H and O–H groups in total. The molecular weight excluding hydrogens is 420 g/mol. The summed E-state index contributed by atoms with van der Waals surface area (Å²) in [5, 5.41) is 8.09. The molecule has 2 heterocycles. The van der Waals surface area contributed by atoms with Crippen molar-refractivity contribution in [3.05, 3.63) is 93.3 Å². The zero-order valence-corrected chi connectivity index (χ0v) is 17.5. The minimum atomic E-state index is -0.386. The zero-order chi connectivity index (χ0) is 21.1. The van der Waals surface area contributed by atoms with Gasteiger partial charge in [0.1, 0.15) is 5.76 Å². The Morgan fingerprint density at radius 1 is 0.900 bits per heavy atom. The van der Waals surface area contributed by atoms with E-state index in [4.69, 9.17) is 16.0 Å². The fourth-order valence-corrected chi connectivity index (χ4v) is 3.74. The van der Waals surface area contributed by atoms with Gasteiger partial charge in [0.15, 0.2) is 5.76 Å². The van der Waals surface area contributed by atoms with Crippen molar-refractivity contribution in [3.63, 3.8) is 0 Å². The van der Waals surface area contributed by atoms with Crippen LogP contribution in [0.15, 0.2) is 76.5 Å². The van der Waals surface area contributed by atoms with E-state index in [9.17, 15) is 9.59 Å². The second-order valence-electron chi connectivity index (χ2n) is 6.54. The minimum Gasteiger partial charge on any atom is -0.451 e. The van der Waals surface area contributed by atoms with Crippen LogP contribution in [-0.4, -0.2) is 11.8 Å². The van der Waals surface area contributed by atoms with Crippen LogP contribution >= 0.6 is 22.9 Å². The lowest BCUT2D eigenvalue weighted by molar-refractivity contribution is 0.0996. The first-order valence-electron chi connectivity index (χ1n) is 9.13. The van der Waals surface area contributed by atoms with Gasteiger partial charge < -0.3 is 15.1 Å². The molecule has 0 bridgehead atoms. The lowest BCUT2D eigenvalue weighted by atomic mass is 10.1. The van der Waals surface area contributed by atoms with Crippen molar-refractivity contribution >= 4 is 46.1 Å². The first kappa shape index (κ1) is 19.9. The molecule has 7 heteroatoms. The Hall–Kier alpha value is -3.35. The summed E-state index contributed by atoms with van der Waals surface area (Å²) >= 11 is 7.54. The fourth-order valence-electron chi connectivity index (χ4n) is 2.95. The summed E-state index contributed by atoms with van der Waals surface area (Å²) < 4.78 is 5.74. The molecule has 0 fully saturated rings. The minimum absolute atomic E-state index is 0.178. The molecular formula is C23H17ClN2O3S. The molecule has 0 radical (unpaired) electrons. The molecule has 150 valence electrons. The van der Waals surface area contributed by atoms with Gasteiger partial charge in [-0.1, -0.05) is 35.9 Å². The lowest BCUT2D eigenvalue weighted by Crippen LogP contribution is -2.12. The van der Waals surface area contributed by atoms with Crippen molar-refractivity contribution in [2.24, 2.45) is 0 Å². The first-order valence-corrected chi connectivity index (χ1v) is 10.4. The first-order chi connectivity index (χ1) is 14.5. The van der Waals surface area contributed by atoms with Crippen LogP contribution in [0.5, 0.6) is 0 Å². The number of thiophene rings is 1. The number of halogens is 1. The van der Waals surface area contributed by atoms with Gasteiger partial charge in [-0.25, -0.2) is 0 Å². The number of nitrogens with one attached hydrogen (secondary N) is 2. The molecule has 2 amide bonds. The predicted molar refractivity (Wildman–Crippen MR) is 121 cm³/mol. The van der Waals surface area contributed by atoms with Gasteiger partial charge in [0.25, 0.3) is 11.8 Å². The number of benzene rings is 2. The topological polar surface area (TPSA) is 71.3 Å². The van der Waals surface area contributed by atoms with Crippen LogP contribution in [0.4, 0.5) is 11.4 Å². The van der Waals surface area contributed by atoms with E-state index in [-0.39, 0.29) is 17.6 Å². The van der Waals surface area contributed by atoms with E-state index < -0.39 is 0 Å². The summed E-state index contributed by atoms with van der Waals surface area (Å²) in [5.74, 6) is 0.165. The van der Waals surface area contributed by atoms with Crippen molar-refractivity contribution < 1.29 is 14.0 Å². The molecule has 0 aliphatic heterocycles. The summed E-state index contributed by atoms with van der Waals surface area (Å²) in [5.41, 5.74) is 2.84. The molecule has 4 rings (SSSR count). The number of hydrogen-bond donors (Lipinski definition) is 2. The highest BCUT2D eigenvalue weighted by Gasteiger charge is 2.15. The van der Waals surface area contributed by atoms with Crippen LogP contribution in [0, 0.1) is 6.92 Å². The second kappa shape index (κ2) is 8.57.